The average molecular weight is 731 g/mol. The molecule has 0 bridgehead atoms. The SMILES string of the molecule is Cc1nc(-c2ncc(Oc3ccc(C(C)(C)c4ccc(OC5CC(Nc6ccc7c(c6)C(=O)N(C6CCC(=O)NC6=O)C7=O)C5)cc4)cc3)cc2F)no1. The molecule has 4 amide bonds. The molecule has 2 aromatic heterocycles. The van der Waals surface area contributed by atoms with Gasteiger partial charge in [0.1, 0.15) is 35.1 Å². The maximum atomic E-state index is 14.7. The van der Waals surface area contributed by atoms with E-state index in [2.05, 4.69) is 51.7 Å². The summed E-state index contributed by atoms with van der Waals surface area (Å²) in [5.41, 5.74) is 2.99. The highest BCUT2D eigenvalue weighted by atomic mass is 19.1. The number of anilines is 1. The van der Waals surface area contributed by atoms with Gasteiger partial charge in [0, 0.05) is 49.4 Å². The van der Waals surface area contributed by atoms with Crippen LogP contribution in [0.3, 0.4) is 0 Å². The van der Waals surface area contributed by atoms with Crippen LogP contribution in [0, 0.1) is 12.7 Å². The van der Waals surface area contributed by atoms with E-state index in [-0.39, 0.29) is 58.8 Å². The lowest BCUT2D eigenvalue weighted by molar-refractivity contribution is -0.136. The number of ether oxygens (including phenoxy) is 2. The number of benzene rings is 3. The van der Waals surface area contributed by atoms with Gasteiger partial charge in [-0.3, -0.25) is 29.4 Å². The zero-order chi connectivity index (χ0) is 37.7. The molecule has 2 aliphatic heterocycles. The maximum Gasteiger partial charge on any atom is 0.262 e. The number of carbonyl (C=O) groups excluding carboxylic acids is 4. The molecule has 1 aliphatic carbocycles. The predicted molar refractivity (Wildman–Crippen MR) is 191 cm³/mol. The fourth-order valence-electron chi connectivity index (χ4n) is 7.00. The van der Waals surface area contributed by atoms with Crippen LogP contribution in [0.1, 0.15) is 77.3 Å². The summed E-state index contributed by atoms with van der Waals surface area (Å²) in [6.45, 7) is 5.88. The molecule has 2 fully saturated rings. The molecule has 5 aromatic rings. The number of pyridine rings is 1. The van der Waals surface area contributed by atoms with E-state index in [1.165, 1.54) is 12.3 Å². The van der Waals surface area contributed by atoms with Crippen LogP contribution in [0.2, 0.25) is 0 Å². The Morgan fingerprint density at radius 3 is 2.22 bits per heavy atom. The molecule has 3 aromatic carbocycles. The van der Waals surface area contributed by atoms with E-state index in [0.29, 0.717) is 17.3 Å². The Kier molecular flexibility index (Phi) is 8.67. The van der Waals surface area contributed by atoms with Crippen LogP contribution in [0.15, 0.2) is 83.5 Å². The Labute approximate surface area is 308 Å². The first-order chi connectivity index (χ1) is 25.9. The lowest BCUT2D eigenvalue weighted by Gasteiger charge is -2.36. The van der Waals surface area contributed by atoms with E-state index in [1.54, 1.807) is 25.1 Å². The molecule has 14 heteroatoms. The number of hydrogen-bond acceptors (Lipinski definition) is 11. The van der Waals surface area contributed by atoms with Crippen molar-refractivity contribution in [1.82, 2.24) is 25.3 Å². The minimum atomic E-state index is -0.999. The lowest BCUT2D eigenvalue weighted by atomic mass is 9.78. The number of imide groups is 2. The van der Waals surface area contributed by atoms with Crippen LogP contribution in [0.25, 0.3) is 11.5 Å². The van der Waals surface area contributed by atoms with Crippen molar-refractivity contribution >= 4 is 29.3 Å². The van der Waals surface area contributed by atoms with Gasteiger partial charge in [-0.15, -0.1) is 0 Å². The number of carbonyl (C=O) groups is 4. The summed E-state index contributed by atoms with van der Waals surface area (Å²) >= 11 is 0. The lowest BCUT2D eigenvalue weighted by Crippen LogP contribution is -2.54. The standard InChI is InChI=1S/C40H35FN6O7/c1-21-43-36(46-54-21)35-32(41)19-29(20-42-35)53-27-11-6-23(7-12-27)40(2,3)22-4-9-26(10-5-22)52-28-16-25(17-28)44-24-8-13-30-31(18-24)39(51)47(38(30)50)33-14-15-34(48)45-37(33)49/h4-13,18-20,25,28,33,44H,14-17H2,1-3H3,(H,45,48,49). The van der Waals surface area contributed by atoms with Crippen LogP contribution < -0.4 is 20.1 Å². The fourth-order valence-corrected chi connectivity index (χ4v) is 7.00. The minimum Gasteiger partial charge on any atom is -0.490 e. The van der Waals surface area contributed by atoms with Gasteiger partial charge in [-0.05, 0) is 60.0 Å². The number of nitrogens with one attached hydrogen (secondary N) is 2. The molecule has 2 N–H and O–H groups in total. The van der Waals surface area contributed by atoms with Gasteiger partial charge >= 0.3 is 0 Å². The molecule has 1 unspecified atom stereocenters. The van der Waals surface area contributed by atoms with Crippen molar-refractivity contribution in [2.24, 2.45) is 0 Å². The second-order valence-electron chi connectivity index (χ2n) is 14.2. The van der Waals surface area contributed by atoms with E-state index in [4.69, 9.17) is 14.0 Å². The van der Waals surface area contributed by atoms with Crippen molar-refractivity contribution in [1.29, 1.82) is 0 Å². The molecular formula is C40H35FN6O7. The number of piperidine rings is 1. The van der Waals surface area contributed by atoms with Crippen molar-refractivity contribution in [2.75, 3.05) is 5.32 Å². The monoisotopic (exact) mass is 730 g/mol. The molecule has 1 saturated carbocycles. The summed E-state index contributed by atoms with van der Waals surface area (Å²) in [7, 11) is 0. The second-order valence-corrected chi connectivity index (χ2v) is 14.2. The zero-order valence-electron chi connectivity index (χ0n) is 29.6. The summed E-state index contributed by atoms with van der Waals surface area (Å²) in [5, 5.41) is 9.35. The zero-order valence-corrected chi connectivity index (χ0v) is 29.6. The maximum absolute atomic E-state index is 14.7. The number of amides is 4. The van der Waals surface area contributed by atoms with E-state index < -0.39 is 35.5 Å². The summed E-state index contributed by atoms with van der Waals surface area (Å²) in [4.78, 5) is 59.2. The third-order valence-corrected chi connectivity index (χ3v) is 10.2. The topological polar surface area (TPSA) is 166 Å². The van der Waals surface area contributed by atoms with E-state index >= 15 is 0 Å². The summed E-state index contributed by atoms with van der Waals surface area (Å²) < 4.78 is 31.7. The highest BCUT2D eigenvalue weighted by molar-refractivity contribution is 6.23. The van der Waals surface area contributed by atoms with Gasteiger partial charge in [0.15, 0.2) is 5.82 Å². The van der Waals surface area contributed by atoms with Crippen LogP contribution >= 0.6 is 0 Å². The van der Waals surface area contributed by atoms with Gasteiger partial charge in [0.2, 0.25) is 23.5 Å². The van der Waals surface area contributed by atoms with Gasteiger partial charge in [0.05, 0.1) is 17.3 Å². The molecule has 274 valence electrons. The Morgan fingerprint density at radius 1 is 0.889 bits per heavy atom. The highest BCUT2D eigenvalue weighted by Gasteiger charge is 2.45. The Morgan fingerprint density at radius 2 is 1.57 bits per heavy atom. The fraction of sp³-hybridized carbons (Fsp3) is 0.275. The quantitative estimate of drug-likeness (QED) is 0.159. The van der Waals surface area contributed by atoms with E-state index in [1.807, 2.05) is 36.4 Å². The number of hydrogen-bond donors (Lipinski definition) is 2. The molecule has 4 heterocycles. The first-order valence-electron chi connectivity index (χ1n) is 17.6. The number of fused-ring (bicyclic) bond motifs is 1. The van der Waals surface area contributed by atoms with Crippen LogP contribution in [0.4, 0.5) is 10.1 Å². The minimum absolute atomic E-state index is 0.0117. The molecule has 3 aliphatic rings. The third-order valence-electron chi connectivity index (χ3n) is 10.2. The van der Waals surface area contributed by atoms with Crippen molar-refractivity contribution in [3.8, 4) is 28.8 Å². The Hall–Kier alpha value is -6.44. The van der Waals surface area contributed by atoms with Crippen molar-refractivity contribution in [3.63, 3.8) is 0 Å². The molecule has 0 radical (unpaired) electrons. The van der Waals surface area contributed by atoms with Crippen molar-refractivity contribution in [3.05, 3.63) is 113 Å². The number of rotatable bonds is 10. The Bertz CT molecular complexity index is 2300. The van der Waals surface area contributed by atoms with Gasteiger partial charge < -0.3 is 19.3 Å². The van der Waals surface area contributed by atoms with Gasteiger partial charge in [0.25, 0.3) is 11.8 Å². The molecule has 8 rings (SSSR count). The summed E-state index contributed by atoms with van der Waals surface area (Å²) in [6, 6.07) is 21.0. The summed E-state index contributed by atoms with van der Waals surface area (Å²) in [5.74, 6) is -0.803. The van der Waals surface area contributed by atoms with Crippen molar-refractivity contribution < 1.29 is 37.6 Å². The molecule has 1 saturated heterocycles. The number of aromatic nitrogens is 3. The first-order valence-corrected chi connectivity index (χ1v) is 17.6. The van der Waals surface area contributed by atoms with E-state index in [0.717, 1.165) is 34.6 Å². The third kappa shape index (κ3) is 6.55. The van der Waals surface area contributed by atoms with Gasteiger partial charge in [-0.1, -0.05) is 43.3 Å². The second kappa shape index (κ2) is 13.5. The van der Waals surface area contributed by atoms with Crippen LogP contribution in [-0.4, -0.2) is 61.8 Å². The normalized spacial score (nSPS) is 19.6. The summed E-state index contributed by atoms with van der Waals surface area (Å²) in [6.07, 6.45) is 3.10. The molecule has 13 nitrogen and oxygen atoms in total. The van der Waals surface area contributed by atoms with Crippen LogP contribution in [0.5, 0.6) is 17.2 Å². The van der Waals surface area contributed by atoms with Crippen LogP contribution in [-0.2, 0) is 15.0 Å². The molecule has 0 spiro atoms. The smallest absolute Gasteiger partial charge is 0.262 e. The van der Waals surface area contributed by atoms with E-state index in [9.17, 15) is 23.6 Å². The first kappa shape index (κ1) is 34.6. The number of nitrogens with zero attached hydrogens (tertiary/aromatic N) is 4. The predicted octanol–water partition coefficient (Wildman–Crippen LogP) is 6.12. The highest BCUT2D eigenvalue weighted by Crippen LogP contribution is 2.36. The molecule has 1 atom stereocenters. The van der Waals surface area contributed by atoms with Gasteiger partial charge in [-0.2, -0.15) is 4.98 Å². The van der Waals surface area contributed by atoms with Gasteiger partial charge in [-0.25, -0.2) is 9.37 Å². The number of aryl methyl sites for hydroxylation is 1. The molecule has 54 heavy (non-hydrogen) atoms. The Balaban J connectivity index is 0.835. The average Bonchev–Trinajstić information content (AvgIpc) is 3.67. The number of halogens is 1. The largest absolute Gasteiger partial charge is 0.490 e. The molecular weight excluding hydrogens is 695 g/mol. The van der Waals surface area contributed by atoms with Crippen molar-refractivity contribution in [2.45, 2.75) is 70.1 Å².